The zero-order valence-corrected chi connectivity index (χ0v) is 22.0. The average molecular weight is 541 g/mol. The maximum atomic E-state index is 13.8. The summed E-state index contributed by atoms with van der Waals surface area (Å²) < 4.78 is 0. The van der Waals surface area contributed by atoms with E-state index in [1.54, 1.807) is 42.6 Å². The Bertz CT molecular complexity index is 1490. The van der Waals surface area contributed by atoms with E-state index in [1.807, 2.05) is 24.3 Å². The lowest BCUT2D eigenvalue weighted by Gasteiger charge is -2.32. The van der Waals surface area contributed by atoms with Crippen molar-refractivity contribution < 1.29 is 9.59 Å². The highest BCUT2D eigenvalue weighted by atomic mass is 16.2. The van der Waals surface area contributed by atoms with Crippen LogP contribution in [0.1, 0.15) is 31.2 Å². The number of anilines is 1. The highest BCUT2D eigenvalue weighted by molar-refractivity contribution is 6.17. The van der Waals surface area contributed by atoms with Crippen LogP contribution in [0.2, 0.25) is 0 Å². The van der Waals surface area contributed by atoms with Crippen molar-refractivity contribution in [2.24, 2.45) is 23.3 Å². The van der Waals surface area contributed by atoms with E-state index >= 15 is 0 Å². The SMILES string of the molecule is NCC1CCC(C(=O)N(C(=O)[C@@H](N)Cc2ccc(-c3ccc[nH]c3=O)cc2)c2ccc(-c3nn[nH]n3)cc2)CC1. The van der Waals surface area contributed by atoms with Crippen molar-refractivity contribution in [2.75, 3.05) is 11.4 Å². The Morgan fingerprint density at radius 1 is 0.975 bits per heavy atom. The highest BCUT2D eigenvalue weighted by Gasteiger charge is 2.35. The molecule has 1 aliphatic carbocycles. The van der Waals surface area contributed by atoms with Gasteiger partial charge in [-0.2, -0.15) is 5.21 Å². The second-order valence-corrected chi connectivity index (χ2v) is 10.2. The van der Waals surface area contributed by atoms with Gasteiger partial charge in [0, 0.05) is 23.2 Å². The molecule has 0 radical (unpaired) electrons. The van der Waals surface area contributed by atoms with Gasteiger partial charge in [0.1, 0.15) is 0 Å². The molecule has 1 aliphatic rings. The van der Waals surface area contributed by atoms with Crippen molar-refractivity contribution in [1.82, 2.24) is 25.6 Å². The summed E-state index contributed by atoms with van der Waals surface area (Å²) in [7, 11) is 0. The van der Waals surface area contributed by atoms with E-state index in [9.17, 15) is 14.4 Å². The zero-order chi connectivity index (χ0) is 28.1. The van der Waals surface area contributed by atoms with Crippen molar-refractivity contribution in [3.8, 4) is 22.5 Å². The standard InChI is InChI=1S/C29H32N8O3/c30-17-19-5-9-22(10-6-19)28(39)37(23-13-11-21(12-14-23)26-33-35-36-34-26)29(40)25(31)16-18-3-7-20(8-4-18)24-2-1-15-32-27(24)38/h1-4,7-8,11-15,19,22,25H,5-6,9-10,16-17,30-31H2,(H,32,38)(H,33,34,35,36)/t19?,22?,25-/m0/s1. The number of hydrogen-bond acceptors (Lipinski definition) is 8. The van der Waals surface area contributed by atoms with Crippen LogP contribution in [0.15, 0.2) is 71.7 Å². The Morgan fingerprint density at radius 3 is 2.30 bits per heavy atom. The zero-order valence-electron chi connectivity index (χ0n) is 22.0. The molecule has 1 saturated carbocycles. The molecule has 2 aromatic heterocycles. The summed E-state index contributed by atoms with van der Waals surface area (Å²) in [4.78, 5) is 43.6. The average Bonchev–Trinajstić information content (AvgIpc) is 3.53. The molecule has 2 heterocycles. The fraction of sp³-hybridized carbons (Fsp3) is 0.310. The largest absolute Gasteiger partial charge is 0.330 e. The number of carbonyl (C=O) groups is 2. The maximum absolute atomic E-state index is 13.8. The normalized spacial score (nSPS) is 17.8. The number of rotatable bonds is 8. The van der Waals surface area contributed by atoms with Crippen molar-refractivity contribution in [3.63, 3.8) is 0 Å². The van der Waals surface area contributed by atoms with Crippen LogP contribution in [-0.4, -0.2) is 50.0 Å². The molecular formula is C29H32N8O3. The van der Waals surface area contributed by atoms with Crippen LogP contribution < -0.4 is 21.9 Å². The third kappa shape index (κ3) is 5.90. The summed E-state index contributed by atoms with van der Waals surface area (Å²) in [6, 6.07) is 16.8. The monoisotopic (exact) mass is 540 g/mol. The molecule has 4 aromatic rings. The lowest BCUT2D eigenvalue weighted by molar-refractivity contribution is -0.130. The Hall–Kier alpha value is -4.48. The summed E-state index contributed by atoms with van der Waals surface area (Å²) >= 11 is 0. The van der Waals surface area contributed by atoms with Crippen LogP contribution in [-0.2, 0) is 16.0 Å². The molecule has 5 rings (SSSR count). The molecule has 2 amide bonds. The Morgan fingerprint density at radius 2 is 1.68 bits per heavy atom. The topological polar surface area (TPSA) is 177 Å². The first-order valence-corrected chi connectivity index (χ1v) is 13.4. The van der Waals surface area contributed by atoms with E-state index in [2.05, 4.69) is 25.6 Å². The minimum Gasteiger partial charge on any atom is -0.330 e. The minimum absolute atomic E-state index is 0.179. The number of nitrogens with zero attached hydrogens (tertiary/aromatic N) is 4. The lowest BCUT2D eigenvalue weighted by Crippen LogP contribution is -2.50. The van der Waals surface area contributed by atoms with Crippen LogP contribution in [0.3, 0.4) is 0 Å². The molecule has 11 nitrogen and oxygen atoms in total. The maximum Gasteiger partial charge on any atom is 0.255 e. The predicted molar refractivity (Wildman–Crippen MR) is 151 cm³/mol. The first-order chi connectivity index (χ1) is 19.4. The fourth-order valence-electron chi connectivity index (χ4n) is 5.21. The third-order valence-electron chi connectivity index (χ3n) is 7.56. The molecule has 0 bridgehead atoms. The van der Waals surface area contributed by atoms with Crippen LogP contribution in [0.4, 0.5) is 5.69 Å². The van der Waals surface area contributed by atoms with E-state index in [4.69, 9.17) is 11.5 Å². The smallest absolute Gasteiger partial charge is 0.255 e. The Kier molecular flexibility index (Phi) is 8.23. The molecule has 206 valence electrons. The van der Waals surface area contributed by atoms with Crippen molar-refractivity contribution in [1.29, 1.82) is 0 Å². The van der Waals surface area contributed by atoms with E-state index in [-0.39, 0.29) is 23.8 Å². The summed E-state index contributed by atoms with van der Waals surface area (Å²) in [6.45, 7) is 0.601. The molecular weight excluding hydrogens is 508 g/mol. The number of amides is 2. The van der Waals surface area contributed by atoms with Gasteiger partial charge in [0.05, 0.1) is 11.7 Å². The molecule has 0 aliphatic heterocycles. The van der Waals surface area contributed by atoms with Crippen molar-refractivity contribution in [2.45, 2.75) is 38.1 Å². The minimum atomic E-state index is -0.952. The van der Waals surface area contributed by atoms with E-state index in [1.165, 1.54) is 4.90 Å². The summed E-state index contributed by atoms with van der Waals surface area (Å²) in [5, 5.41) is 14.0. The molecule has 0 saturated heterocycles. The number of carbonyl (C=O) groups excluding carboxylic acids is 2. The van der Waals surface area contributed by atoms with Crippen LogP contribution >= 0.6 is 0 Å². The van der Waals surface area contributed by atoms with E-state index in [0.29, 0.717) is 47.9 Å². The fourth-order valence-corrected chi connectivity index (χ4v) is 5.21. The number of pyridine rings is 1. The summed E-state index contributed by atoms with van der Waals surface area (Å²) in [6.07, 6.45) is 4.89. The van der Waals surface area contributed by atoms with Gasteiger partial charge in [-0.15, -0.1) is 10.2 Å². The van der Waals surface area contributed by atoms with Gasteiger partial charge in [-0.1, -0.05) is 24.3 Å². The molecule has 1 atom stereocenters. The van der Waals surface area contributed by atoms with Gasteiger partial charge in [0.25, 0.3) is 11.5 Å². The van der Waals surface area contributed by atoms with Gasteiger partial charge in [-0.3, -0.25) is 14.4 Å². The molecule has 1 fully saturated rings. The molecule has 0 unspecified atom stereocenters. The van der Waals surface area contributed by atoms with Crippen LogP contribution in [0.5, 0.6) is 0 Å². The molecule has 6 N–H and O–H groups in total. The molecule has 40 heavy (non-hydrogen) atoms. The lowest BCUT2D eigenvalue weighted by atomic mass is 9.81. The third-order valence-corrected chi connectivity index (χ3v) is 7.56. The first-order valence-electron chi connectivity index (χ1n) is 13.4. The second-order valence-electron chi connectivity index (χ2n) is 10.2. The van der Waals surface area contributed by atoms with E-state index < -0.39 is 11.9 Å². The number of benzene rings is 2. The summed E-state index contributed by atoms with van der Waals surface area (Å²) in [5.74, 6) is -0.185. The Labute approximate surface area is 231 Å². The van der Waals surface area contributed by atoms with Crippen molar-refractivity contribution >= 4 is 17.5 Å². The second kappa shape index (κ2) is 12.1. The van der Waals surface area contributed by atoms with Crippen LogP contribution in [0, 0.1) is 11.8 Å². The number of tetrazole rings is 1. The van der Waals surface area contributed by atoms with Crippen molar-refractivity contribution in [3.05, 3.63) is 82.8 Å². The number of nitrogens with two attached hydrogens (primary N) is 2. The van der Waals surface area contributed by atoms with Gasteiger partial charge in [-0.25, -0.2) is 4.90 Å². The highest BCUT2D eigenvalue weighted by Crippen LogP contribution is 2.32. The van der Waals surface area contributed by atoms with Gasteiger partial charge >= 0.3 is 0 Å². The quantitative estimate of drug-likeness (QED) is 0.263. The number of aromatic nitrogens is 5. The van der Waals surface area contributed by atoms with Gasteiger partial charge in [-0.05, 0) is 97.3 Å². The summed E-state index contributed by atoms with van der Waals surface area (Å²) in [5.41, 5.74) is 15.4. The van der Waals surface area contributed by atoms with E-state index in [0.717, 1.165) is 24.0 Å². The van der Waals surface area contributed by atoms with Crippen LogP contribution in [0.25, 0.3) is 22.5 Å². The predicted octanol–water partition coefficient (Wildman–Crippen LogP) is 2.42. The number of H-pyrrole nitrogens is 2. The van der Waals surface area contributed by atoms with Gasteiger partial charge < -0.3 is 16.5 Å². The number of aromatic amines is 2. The van der Waals surface area contributed by atoms with Gasteiger partial charge in [0.15, 0.2) is 0 Å². The number of hydrogen-bond donors (Lipinski definition) is 4. The number of nitrogens with one attached hydrogen (secondary N) is 2. The Balaban J connectivity index is 1.36. The first kappa shape index (κ1) is 27.1. The number of imide groups is 1. The molecule has 11 heteroatoms. The molecule has 2 aromatic carbocycles. The van der Waals surface area contributed by atoms with Gasteiger partial charge in [0.2, 0.25) is 11.7 Å². The molecule has 0 spiro atoms.